The van der Waals surface area contributed by atoms with Gasteiger partial charge in [0.15, 0.2) is 12.3 Å². The van der Waals surface area contributed by atoms with Crippen LogP contribution in [0.15, 0.2) is 41.1 Å². The molecule has 0 saturated carbocycles. The molecule has 4 nitrogen and oxygen atoms in total. The first-order valence-electron chi connectivity index (χ1n) is 6.78. The second-order valence-corrected chi connectivity index (χ2v) is 5.87. The molecule has 1 aromatic heterocycles. The fraction of sp³-hybridized carbons (Fsp3) is 0.250. The summed E-state index contributed by atoms with van der Waals surface area (Å²) in [5, 5.41) is 6.95. The van der Waals surface area contributed by atoms with E-state index >= 15 is 0 Å². The fourth-order valence-electron chi connectivity index (χ4n) is 2.17. The molecule has 0 aliphatic rings. The zero-order valence-electron chi connectivity index (χ0n) is 12.2. The molecule has 0 bridgehead atoms. The largest absolute Gasteiger partial charge is 0.326 e. The Balaban J connectivity index is 1.94. The lowest BCUT2D eigenvalue weighted by molar-refractivity contribution is -0.885. The predicted octanol–water partition coefficient (Wildman–Crippen LogP) is 1.60. The van der Waals surface area contributed by atoms with Gasteiger partial charge < -0.3 is 10.2 Å². The minimum Gasteiger partial charge on any atom is -0.326 e. The van der Waals surface area contributed by atoms with Gasteiger partial charge in [-0.1, -0.05) is 12.1 Å². The number of hydrogen-bond acceptors (Lipinski definition) is 3. The van der Waals surface area contributed by atoms with E-state index in [1.54, 1.807) is 29.5 Å². The molecule has 0 aliphatic carbocycles. The van der Waals surface area contributed by atoms with Crippen molar-refractivity contribution in [2.24, 2.45) is 0 Å². The van der Waals surface area contributed by atoms with Crippen molar-refractivity contribution in [2.75, 3.05) is 18.9 Å². The molecule has 1 atom stereocenters. The molecule has 1 aromatic carbocycles. The highest BCUT2D eigenvalue weighted by Gasteiger charge is 2.13. The van der Waals surface area contributed by atoms with E-state index in [4.69, 9.17) is 0 Å². The maximum atomic E-state index is 12.1. The quantitative estimate of drug-likeness (QED) is 0.797. The van der Waals surface area contributed by atoms with E-state index in [0.717, 1.165) is 11.4 Å². The normalized spacial score (nSPS) is 11.9. The Labute approximate surface area is 128 Å². The van der Waals surface area contributed by atoms with Gasteiger partial charge in [-0.15, -0.1) is 0 Å². The average molecular weight is 303 g/mol. The third-order valence-electron chi connectivity index (χ3n) is 3.13. The molecule has 1 amide bonds. The van der Waals surface area contributed by atoms with E-state index in [1.807, 2.05) is 18.5 Å². The number of likely N-dealkylation sites (N-methyl/N-ethyl adjacent to an activating group) is 1. The fourth-order valence-corrected chi connectivity index (χ4v) is 2.84. The van der Waals surface area contributed by atoms with Crippen molar-refractivity contribution in [1.82, 2.24) is 0 Å². The van der Waals surface area contributed by atoms with Crippen LogP contribution in [0.25, 0.3) is 0 Å². The number of hydrogen-bond donors (Lipinski definition) is 2. The smallest absolute Gasteiger partial charge is 0.279 e. The van der Waals surface area contributed by atoms with E-state index in [-0.39, 0.29) is 11.7 Å². The first-order chi connectivity index (χ1) is 10.1. The minimum absolute atomic E-state index is 0.0510. The van der Waals surface area contributed by atoms with Crippen LogP contribution in [0.5, 0.6) is 0 Å². The summed E-state index contributed by atoms with van der Waals surface area (Å²) < 4.78 is 0. The lowest BCUT2D eigenvalue weighted by atomic mass is 10.1. The standard InChI is InChI=1S/C16H18N2O2S/c1-12(19)14-5-3-4-6-15(14)17-16(20)10-18(2)9-13-7-8-21-11-13/h3-8,11H,9-10H2,1-2H3,(H,17,20)/p+1. The molecular weight excluding hydrogens is 284 g/mol. The molecule has 1 unspecified atom stereocenters. The number of rotatable bonds is 6. The van der Waals surface area contributed by atoms with Gasteiger partial charge in [-0.3, -0.25) is 9.59 Å². The van der Waals surface area contributed by atoms with Crippen LogP contribution in [0.2, 0.25) is 0 Å². The molecule has 2 N–H and O–H groups in total. The van der Waals surface area contributed by atoms with Gasteiger partial charge in [0.2, 0.25) is 0 Å². The van der Waals surface area contributed by atoms with Crippen molar-refractivity contribution in [1.29, 1.82) is 0 Å². The molecule has 0 aliphatic heterocycles. The van der Waals surface area contributed by atoms with Crippen LogP contribution in [0.3, 0.4) is 0 Å². The number of anilines is 1. The van der Waals surface area contributed by atoms with Crippen LogP contribution in [0.4, 0.5) is 5.69 Å². The minimum atomic E-state index is -0.0866. The Kier molecular flexibility index (Phi) is 5.25. The molecule has 110 valence electrons. The number of ketones is 1. The maximum Gasteiger partial charge on any atom is 0.279 e. The van der Waals surface area contributed by atoms with Gasteiger partial charge in [0.05, 0.1) is 12.7 Å². The molecule has 2 aromatic rings. The second-order valence-electron chi connectivity index (χ2n) is 5.09. The van der Waals surface area contributed by atoms with E-state index in [2.05, 4.69) is 16.8 Å². The summed E-state index contributed by atoms with van der Waals surface area (Å²) in [6, 6.07) is 9.14. The number of carbonyl (C=O) groups excluding carboxylic acids is 2. The van der Waals surface area contributed by atoms with Gasteiger partial charge >= 0.3 is 0 Å². The summed E-state index contributed by atoms with van der Waals surface area (Å²) in [5.41, 5.74) is 2.36. The molecule has 0 spiro atoms. The summed E-state index contributed by atoms with van der Waals surface area (Å²) in [6.45, 7) is 2.67. The second kappa shape index (κ2) is 7.15. The number of amides is 1. The summed E-state index contributed by atoms with van der Waals surface area (Å²) in [6.07, 6.45) is 0. The van der Waals surface area contributed by atoms with Crippen LogP contribution in [-0.4, -0.2) is 25.3 Å². The molecule has 0 fully saturated rings. The summed E-state index contributed by atoms with van der Waals surface area (Å²) in [4.78, 5) is 24.7. The van der Waals surface area contributed by atoms with Crippen LogP contribution in [0.1, 0.15) is 22.8 Å². The van der Waals surface area contributed by atoms with Crippen LogP contribution in [-0.2, 0) is 11.3 Å². The summed E-state index contributed by atoms with van der Waals surface area (Å²) in [5.74, 6) is -0.138. The Bertz CT molecular complexity index is 623. The highest BCUT2D eigenvalue weighted by molar-refractivity contribution is 7.07. The van der Waals surface area contributed by atoms with Crippen molar-refractivity contribution in [3.63, 3.8) is 0 Å². The van der Waals surface area contributed by atoms with E-state index < -0.39 is 0 Å². The Morgan fingerprint density at radius 3 is 2.67 bits per heavy atom. The van der Waals surface area contributed by atoms with Gasteiger partial charge in [-0.05, 0) is 35.9 Å². The van der Waals surface area contributed by atoms with Gasteiger partial charge in [0, 0.05) is 11.1 Å². The monoisotopic (exact) mass is 303 g/mol. The lowest BCUT2D eigenvalue weighted by Crippen LogP contribution is -3.08. The predicted molar refractivity (Wildman–Crippen MR) is 84.9 cm³/mol. The maximum absolute atomic E-state index is 12.1. The molecule has 2 rings (SSSR count). The first-order valence-corrected chi connectivity index (χ1v) is 7.72. The SMILES string of the molecule is CC(=O)c1ccccc1NC(=O)C[NH+](C)Cc1ccsc1. The van der Waals surface area contributed by atoms with Gasteiger partial charge in [0.1, 0.15) is 6.54 Å². The molecule has 1 heterocycles. The van der Waals surface area contributed by atoms with Gasteiger partial charge in [-0.25, -0.2) is 0 Å². The number of Topliss-reactive ketones (excluding diaryl/α,β-unsaturated/α-hetero) is 1. The number of benzene rings is 1. The van der Waals surface area contributed by atoms with Crippen molar-refractivity contribution in [2.45, 2.75) is 13.5 Å². The third kappa shape index (κ3) is 4.51. The number of nitrogens with one attached hydrogen (secondary N) is 2. The van der Waals surface area contributed by atoms with E-state index in [9.17, 15) is 9.59 Å². The van der Waals surface area contributed by atoms with Crippen molar-refractivity contribution < 1.29 is 14.5 Å². The number of thiophene rings is 1. The summed E-state index contributed by atoms with van der Waals surface area (Å²) >= 11 is 1.66. The zero-order chi connectivity index (χ0) is 15.2. The van der Waals surface area contributed by atoms with Crippen molar-refractivity contribution in [3.05, 3.63) is 52.2 Å². The van der Waals surface area contributed by atoms with Crippen LogP contribution in [0, 0.1) is 0 Å². The zero-order valence-corrected chi connectivity index (χ0v) is 13.0. The Morgan fingerprint density at radius 2 is 2.00 bits per heavy atom. The summed E-state index contributed by atoms with van der Waals surface area (Å²) in [7, 11) is 1.98. The number of carbonyl (C=O) groups is 2. The third-order valence-corrected chi connectivity index (χ3v) is 3.86. The van der Waals surface area contributed by atoms with E-state index in [0.29, 0.717) is 17.8 Å². The number of para-hydroxylation sites is 1. The molecule has 5 heteroatoms. The lowest BCUT2D eigenvalue weighted by Gasteiger charge is -2.14. The Hall–Kier alpha value is -1.98. The van der Waals surface area contributed by atoms with Crippen molar-refractivity contribution in [3.8, 4) is 0 Å². The molecule has 0 radical (unpaired) electrons. The van der Waals surface area contributed by atoms with Crippen LogP contribution >= 0.6 is 11.3 Å². The average Bonchev–Trinajstić information content (AvgIpc) is 2.91. The van der Waals surface area contributed by atoms with Crippen LogP contribution < -0.4 is 10.2 Å². The molecule has 21 heavy (non-hydrogen) atoms. The van der Waals surface area contributed by atoms with Gasteiger partial charge in [-0.2, -0.15) is 11.3 Å². The first kappa shape index (κ1) is 15.4. The Morgan fingerprint density at radius 1 is 1.24 bits per heavy atom. The highest BCUT2D eigenvalue weighted by Crippen LogP contribution is 2.15. The van der Waals surface area contributed by atoms with Gasteiger partial charge in [0.25, 0.3) is 5.91 Å². The number of quaternary nitrogens is 1. The highest BCUT2D eigenvalue weighted by atomic mass is 32.1. The molecular formula is C16H19N2O2S+. The molecule has 0 saturated heterocycles. The van der Waals surface area contributed by atoms with E-state index in [1.165, 1.54) is 12.5 Å². The topological polar surface area (TPSA) is 50.6 Å². The van der Waals surface area contributed by atoms with Crippen molar-refractivity contribution >= 4 is 28.7 Å².